The highest BCUT2D eigenvalue weighted by molar-refractivity contribution is 4.87. The summed E-state index contributed by atoms with van der Waals surface area (Å²) >= 11 is 0. The molecule has 0 aliphatic rings. The van der Waals surface area contributed by atoms with Crippen molar-refractivity contribution in [2.45, 2.75) is 79.3 Å². The van der Waals surface area contributed by atoms with Gasteiger partial charge >= 0.3 is 0 Å². The highest BCUT2D eigenvalue weighted by Crippen LogP contribution is 2.00. The lowest BCUT2D eigenvalue weighted by molar-refractivity contribution is 0.291. The summed E-state index contributed by atoms with van der Waals surface area (Å²) in [5.41, 5.74) is 0. The molecule has 2 N–H and O–H groups in total. The Bertz CT molecular complexity index is 281. The van der Waals surface area contributed by atoms with Crippen molar-refractivity contribution < 1.29 is 0 Å². The van der Waals surface area contributed by atoms with E-state index in [0.717, 1.165) is 13.1 Å². The molecule has 2 atom stereocenters. The van der Waals surface area contributed by atoms with Crippen LogP contribution < -0.4 is 10.6 Å². The second-order valence-corrected chi connectivity index (χ2v) is 7.43. The van der Waals surface area contributed by atoms with E-state index in [1.54, 1.807) is 0 Å². The molecular weight excluding hydrogens is 320 g/mol. The molecule has 0 radical (unpaired) electrons. The van der Waals surface area contributed by atoms with Crippen LogP contribution in [0.25, 0.3) is 0 Å². The average Bonchev–Trinajstić information content (AvgIpc) is 2.65. The molecular formula is C22H48N4. The van der Waals surface area contributed by atoms with E-state index in [1.807, 2.05) is 0 Å². The van der Waals surface area contributed by atoms with Crippen molar-refractivity contribution in [3.8, 4) is 0 Å². The van der Waals surface area contributed by atoms with Gasteiger partial charge in [0.05, 0.1) is 0 Å². The van der Waals surface area contributed by atoms with Crippen LogP contribution in [0.1, 0.15) is 67.2 Å². The molecule has 4 nitrogen and oxygen atoms in total. The molecule has 0 rings (SSSR count). The first-order valence-corrected chi connectivity index (χ1v) is 11.1. The van der Waals surface area contributed by atoms with Gasteiger partial charge in [-0.3, -0.25) is 0 Å². The summed E-state index contributed by atoms with van der Waals surface area (Å²) in [6.45, 7) is 22.7. The second-order valence-electron chi connectivity index (χ2n) is 7.43. The summed E-state index contributed by atoms with van der Waals surface area (Å²) in [6, 6.07) is 1.20. The van der Waals surface area contributed by atoms with Gasteiger partial charge in [-0.1, -0.05) is 39.8 Å². The zero-order valence-electron chi connectivity index (χ0n) is 18.7. The molecule has 0 unspecified atom stereocenters. The van der Waals surface area contributed by atoms with E-state index in [4.69, 9.17) is 0 Å². The van der Waals surface area contributed by atoms with Gasteiger partial charge in [0.25, 0.3) is 0 Å². The summed E-state index contributed by atoms with van der Waals surface area (Å²) in [6.07, 6.45) is 9.60. The molecule has 0 amide bonds. The standard InChI is InChI=1S/C22H48N4/c1-7-25(8-2)19-13-15-21(5)23-17-11-12-18-24-22(6)16-14-20-26(9-3)10-4/h11-12,21-24H,7-10,13-20H2,1-6H3/b12-11-/t21-,22+. The highest BCUT2D eigenvalue weighted by atomic mass is 15.1. The molecule has 4 heteroatoms. The largest absolute Gasteiger partial charge is 0.311 e. The molecule has 0 heterocycles. The second kappa shape index (κ2) is 18.0. The summed E-state index contributed by atoms with van der Waals surface area (Å²) < 4.78 is 0. The van der Waals surface area contributed by atoms with E-state index in [2.05, 4.69) is 74.1 Å². The van der Waals surface area contributed by atoms with Crippen LogP contribution >= 0.6 is 0 Å². The Morgan fingerprint density at radius 3 is 1.31 bits per heavy atom. The van der Waals surface area contributed by atoms with E-state index < -0.39 is 0 Å². The molecule has 0 spiro atoms. The zero-order chi connectivity index (χ0) is 19.6. The van der Waals surface area contributed by atoms with E-state index in [-0.39, 0.29) is 0 Å². The first-order valence-electron chi connectivity index (χ1n) is 11.1. The Labute approximate surface area is 164 Å². The van der Waals surface area contributed by atoms with Crippen molar-refractivity contribution in [3.05, 3.63) is 12.2 Å². The van der Waals surface area contributed by atoms with Gasteiger partial charge in [-0.15, -0.1) is 0 Å². The molecule has 0 aromatic carbocycles. The van der Waals surface area contributed by atoms with Gasteiger partial charge in [-0.25, -0.2) is 0 Å². The molecule has 0 saturated heterocycles. The summed E-state index contributed by atoms with van der Waals surface area (Å²) in [7, 11) is 0. The molecule has 156 valence electrons. The highest BCUT2D eigenvalue weighted by Gasteiger charge is 2.04. The number of hydrogen-bond donors (Lipinski definition) is 2. The first-order chi connectivity index (χ1) is 12.6. The fourth-order valence-corrected chi connectivity index (χ4v) is 3.23. The Hall–Kier alpha value is -0.420. The summed E-state index contributed by atoms with van der Waals surface area (Å²) in [4.78, 5) is 5.00. The molecule has 0 aliphatic heterocycles. The Morgan fingerprint density at radius 2 is 1.00 bits per heavy atom. The SMILES string of the molecule is CCN(CC)CCC[C@@H](C)NC/C=C\CN[C@@H](C)CCCN(CC)CC. The molecule has 0 aromatic rings. The molecule has 26 heavy (non-hydrogen) atoms. The van der Waals surface area contributed by atoms with Crippen LogP contribution in [-0.2, 0) is 0 Å². The van der Waals surface area contributed by atoms with Crippen molar-refractivity contribution in [1.29, 1.82) is 0 Å². The van der Waals surface area contributed by atoms with Crippen LogP contribution in [0.15, 0.2) is 12.2 Å². The minimum absolute atomic E-state index is 0.599. The molecule has 0 aliphatic carbocycles. The predicted octanol–water partition coefficient (Wildman–Crippen LogP) is 3.74. The lowest BCUT2D eigenvalue weighted by atomic mass is 10.1. The fraction of sp³-hybridized carbons (Fsp3) is 0.909. The number of nitrogens with zero attached hydrogens (tertiary/aromatic N) is 2. The number of rotatable bonds is 18. The average molecular weight is 369 g/mol. The van der Waals surface area contributed by atoms with Gasteiger partial charge in [0.15, 0.2) is 0 Å². The van der Waals surface area contributed by atoms with Crippen LogP contribution in [0.5, 0.6) is 0 Å². The maximum absolute atomic E-state index is 3.60. The van der Waals surface area contributed by atoms with Crippen molar-refractivity contribution in [3.63, 3.8) is 0 Å². The van der Waals surface area contributed by atoms with Gasteiger partial charge in [0.1, 0.15) is 0 Å². The predicted molar refractivity (Wildman–Crippen MR) is 118 cm³/mol. The molecule has 0 fully saturated rings. The van der Waals surface area contributed by atoms with Gasteiger partial charge in [-0.2, -0.15) is 0 Å². The van der Waals surface area contributed by atoms with Gasteiger partial charge in [0, 0.05) is 25.2 Å². The lowest BCUT2D eigenvalue weighted by Crippen LogP contribution is -2.30. The van der Waals surface area contributed by atoms with Crippen molar-refractivity contribution >= 4 is 0 Å². The van der Waals surface area contributed by atoms with Crippen molar-refractivity contribution in [2.75, 3.05) is 52.4 Å². The van der Waals surface area contributed by atoms with E-state index >= 15 is 0 Å². The lowest BCUT2D eigenvalue weighted by Gasteiger charge is -2.19. The summed E-state index contributed by atoms with van der Waals surface area (Å²) in [5, 5.41) is 7.20. The third kappa shape index (κ3) is 14.7. The maximum atomic E-state index is 3.60. The molecule has 0 bridgehead atoms. The summed E-state index contributed by atoms with van der Waals surface area (Å²) in [5.74, 6) is 0. The normalized spacial score (nSPS) is 14.6. The molecule has 0 aromatic heterocycles. The van der Waals surface area contributed by atoms with Gasteiger partial charge in [0.2, 0.25) is 0 Å². The molecule has 0 saturated carbocycles. The minimum atomic E-state index is 0.599. The van der Waals surface area contributed by atoms with Gasteiger partial charge < -0.3 is 20.4 Å². The minimum Gasteiger partial charge on any atom is -0.311 e. The monoisotopic (exact) mass is 368 g/mol. The first kappa shape index (κ1) is 25.6. The van der Waals surface area contributed by atoms with E-state index in [9.17, 15) is 0 Å². The maximum Gasteiger partial charge on any atom is 0.0137 e. The Balaban J connectivity index is 3.59. The number of nitrogens with one attached hydrogen (secondary N) is 2. The Kier molecular flexibility index (Phi) is 17.7. The fourth-order valence-electron chi connectivity index (χ4n) is 3.23. The quantitative estimate of drug-likeness (QED) is 0.361. The van der Waals surface area contributed by atoms with Crippen LogP contribution in [-0.4, -0.2) is 74.2 Å². The van der Waals surface area contributed by atoms with Crippen LogP contribution in [0.3, 0.4) is 0 Å². The van der Waals surface area contributed by atoms with Crippen LogP contribution in [0, 0.1) is 0 Å². The van der Waals surface area contributed by atoms with E-state index in [0.29, 0.717) is 12.1 Å². The van der Waals surface area contributed by atoms with Gasteiger partial charge in [-0.05, 0) is 78.8 Å². The zero-order valence-corrected chi connectivity index (χ0v) is 18.7. The van der Waals surface area contributed by atoms with Crippen molar-refractivity contribution in [2.24, 2.45) is 0 Å². The van der Waals surface area contributed by atoms with Crippen molar-refractivity contribution in [1.82, 2.24) is 20.4 Å². The van der Waals surface area contributed by atoms with E-state index in [1.165, 1.54) is 65.0 Å². The topological polar surface area (TPSA) is 30.5 Å². The third-order valence-corrected chi connectivity index (χ3v) is 5.35. The van der Waals surface area contributed by atoms with Crippen LogP contribution in [0.2, 0.25) is 0 Å². The third-order valence-electron chi connectivity index (χ3n) is 5.35. The Morgan fingerprint density at radius 1 is 0.654 bits per heavy atom. The smallest absolute Gasteiger partial charge is 0.0137 e. The van der Waals surface area contributed by atoms with Crippen LogP contribution in [0.4, 0.5) is 0 Å². The number of hydrogen-bond acceptors (Lipinski definition) is 4.